The van der Waals surface area contributed by atoms with Gasteiger partial charge in [-0.15, -0.1) is 0 Å². The van der Waals surface area contributed by atoms with Gasteiger partial charge in [-0.05, 0) is 6.07 Å². The van der Waals surface area contributed by atoms with E-state index in [-0.39, 0.29) is 17.9 Å². The molecular formula is C8H7FN2O3. The smallest absolute Gasteiger partial charge is 0.270 e. The average molecular weight is 198 g/mol. The summed E-state index contributed by atoms with van der Waals surface area (Å²) < 4.78 is 17.5. The summed E-state index contributed by atoms with van der Waals surface area (Å²) in [4.78, 5) is 9.72. The summed E-state index contributed by atoms with van der Waals surface area (Å²) in [5.41, 5.74) is -0.141. The molecule has 0 aromatic heterocycles. The Morgan fingerprint density at radius 1 is 1.64 bits per heavy atom. The lowest BCUT2D eigenvalue weighted by Gasteiger charge is -2.01. The highest BCUT2D eigenvalue weighted by atomic mass is 19.1. The first-order valence-corrected chi connectivity index (χ1v) is 3.68. The molecule has 0 spiro atoms. The highest BCUT2D eigenvalue weighted by Gasteiger charge is 2.10. The van der Waals surface area contributed by atoms with Crippen LogP contribution in [0.5, 0.6) is 0 Å². The SMILES string of the molecule is N=COCc1cc([N+](=O)[O-])ccc1F. The molecule has 0 aliphatic carbocycles. The standard InChI is InChI=1S/C8H7FN2O3/c9-8-2-1-7(11(12)13)3-6(8)4-14-5-10/h1-3,5,10H,4H2. The lowest BCUT2D eigenvalue weighted by molar-refractivity contribution is -0.385. The first kappa shape index (κ1) is 10.1. The van der Waals surface area contributed by atoms with Crippen molar-refractivity contribution in [2.24, 2.45) is 0 Å². The zero-order chi connectivity index (χ0) is 10.6. The van der Waals surface area contributed by atoms with E-state index < -0.39 is 10.7 Å². The van der Waals surface area contributed by atoms with Crippen LogP contribution in [0, 0.1) is 21.3 Å². The zero-order valence-corrected chi connectivity index (χ0v) is 7.07. The molecule has 0 unspecified atom stereocenters. The number of benzene rings is 1. The van der Waals surface area contributed by atoms with Crippen molar-refractivity contribution in [3.8, 4) is 0 Å². The van der Waals surface area contributed by atoms with Crippen LogP contribution in [0.2, 0.25) is 0 Å². The Balaban J connectivity index is 2.95. The van der Waals surface area contributed by atoms with Gasteiger partial charge in [0.2, 0.25) is 0 Å². The number of rotatable bonds is 4. The van der Waals surface area contributed by atoms with Gasteiger partial charge in [0.25, 0.3) is 5.69 Å². The van der Waals surface area contributed by atoms with Gasteiger partial charge < -0.3 is 4.74 Å². The summed E-state index contributed by atoms with van der Waals surface area (Å²) in [6.45, 7) is -0.184. The van der Waals surface area contributed by atoms with Crippen LogP contribution < -0.4 is 0 Å². The van der Waals surface area contributed by atoms with Crippen molar-refractivity contribution in [2.45, 2.75) is 6.61 Å². The first-order chi connectivity index (χ1) is 6.65. The first-order valence-electron chi connectivity index (χ1n) is 3.68. The van der Waals surface area contributed by atoms with Gasteiger partial charge in [0.1, 0.15) is 12.4 Å². The third-order valence-electron chi connectivity index (χ3n) is 1.56. The Labute approximate surface area is 78.8 Å². The van der Waals surface area contributed by atoms with Crippen molar-refractivity contribution >= 4 is 12.1 Å². The molecule has 0 amide bonds. The van der Waals surface area contributed by atoms with E-state index in [0.29, 0.717) is 6.40 Å². The Bertz CT molecular complexity index is 368. The number of nitrogens with zero attached hydrogens (tertiary/aromatic N) is 1. The number of halogens is 1. The number of nitro groups is 1. The van der Waals surface area contributed by atoms with Crippen molar-refractivity contribution in [3.63, 3.8) is 0 Å². The van der Waals surface area contributed by atoms with E-state index in [4.69, 9.17) is 5.41 Å². The molecule has 74 valence electrons. The van der Waals surface area contributed by atoms with Gasteiger partial charge in [0.15, 0.2) is 6.40 Å². The second kappa shape index (κ2) is 4.31. The van der Waals surface area contributed by atoms with E-state index >= 15 is 0 Å². The van der Waals surface area contributed by atoms with Gasteiger partial charge >= 0.3 is 0 Å². The Morgan fingerprint density at radius 2 is 2.36 bits per heavy atom. The lowest BCUT2D eigenvalue weighted by atomic mass is 10.2. The number of hydrogen-bond donors (Lipinski definition) is 1. The van der Waals surface area contributed by atoms with Crippen LogP contribution in [0.25, 0.3) is 0 Å². The minimum absolute atomic E-state index is 0.0581. The van der Waals surface area contributed by atoms with E-state index in [1.54, 1.807) is 0 Å². The van der Waals surface area contributed by atoms with E-state index in [1.807, 2.05) is 0 Å². The predicted octanol–water partition coefficient (Wildman–Crippen LogP) is 1.86. The molecular weight excluding hydrogens is 191 g/mol. The molecule has 1 rings (SSSR count). The molecule has 14 heavy (non-hydrogen) atoms. The normalized spacial score (nSPS) is 9.50. The molecule has 0 saturated heterocycles. The monoisotopic (exact) mass is 198 g/mol. The van der Waals surface area contributed by atoms with Crippen molar-refractivity contribution < 1.29 is 14.1 Å². The van der Waals surface area contributed by atoms with E-state index in [1.165, 1.54) is 0 Å². The Hall–Kier alpha value is -1.98. The second-order valence-corrected chi connectivity index (χ2v) is 2.46. The van der Waals surface area contributed by atoms with E-state index in [0.717, 1.165) is 18.2 Å². The van der Waals surface area contributed by atoms with Crippen molar-refractivity contribution in [3.05, 3.63) is 39.7 Å². The summed E-state index contributed by atoms with van der Waals surface area (Å²) >= 11 is 0. The Morgan fingerprint density at radius 3 is 2.93 bits per heavy atom. The maximum absolute atomic E-state index is 13.0. The molecule has 1 aromatic rings. The van der Waals surface area contributed by atoms with Gasteiger partial charge in [-0.25, -0.2) is 4.39 Å². The fourth-order valence-corrected chi connectivity index (χ4v) is 0.917. The zero-order valence-electron chi connectivity index (χ0n) is 7.07. The molecule has 0 bridgehead atoms. The molecule has 0 fully saturated rings. The quantitative estimate of drug-likeness (QED) is 0.347. The number of hydrogen-bond acceptors (Lipinski definition) is 4. The highest BCUT2D eigenvalue weighted by Crippen LogP contribution is 2.17. The van der Waals surface area contributed by atoms with Crippen molar-refractivity contribution in [1.82, 2.24) is 0 Å². The fourth-order valence-electron chi connectivity index (χ4n) is 0.917. The molecule has 0 radical (unpaired) electrons. The van der Waals surface area contributed by atoms with E-state index in [2.05, 4.69) is 4.74 Å². The van der Waals surface area contributed by atoms with Crippen LogP contribution in [0.15, 0.2) is 18.2 Å². The van der Waals surface area contributed by atoms with Crippen LogP contribution >= 0.6 is 0 Å². The van der Waals surface area contributed by atoms with Crippen molar-refractivity contribution in [1.29, 1.82) is 5.41 Å². The number of nitrogens with one attached hydrogen (secondary N) is 1. The van der Waals surface area contributed by atoms with Gasteiger partial charge in [0, 0.05) is 17.7 Å². The number of ether oxygens (including phenoxy) is 1. The number of nitro benzene ring substituents is 1. The maximum atomic E-state index is 13.0. The minimum atomic E-state index is -0.618. The average Bonchev–Trinajstić information content (AvgIpc) is 2.16. The molecule has 0 heterocycles. The summed E-state index contributed by atoms with van der Waals surface area (Å²) in [7, 11) is 0. The summed E-state index contributed by atoms with van der Waals surface area (Å²) in [5.74, 6) is -0.586. The molecule has 0 aliphatic rings. The van der Waals surface area contributed by atoms with Crippen LogP contribution in [0.3, 0.4) is 0 Å². The minimum Gasteiger partial charge on any atom is -0.479 e. The van der Waals surface area contributed by atoms with Gasteiger partial charge in [-0.2, -0.15) is 0 Å². The second-order valence-electron chi connectivity index (χ2n) is 2.46. The van der Waals surface area contributed by atoms with Gasteiger partial charge in [-0.3, -0.25) is 15.5 Å². The molecule has 0 aliphatic heterocycles. The lowest BCUT2D eigenvalue weighted by Crippen LogP contribution is -1.96. The molecule has 5 nitrogen and oxygen atoms in total. The molecule has 1 N–H and O–H groups in total. The molecule has 0 atom stereocenters. The third-order valence-corrected chi connectivity index (χ3v) is 1.56. The van der Waals surface area contributed by atoms with E-state index in [9.17, 15) is 14.5 Å². The fraction of sp³-hybridized carbons (Fsp3) is 0.125. The maximum Gasteiger partial charge on any atom is 0.270 e. The van der Waals surface area contributed by atoms with Gasteiger partial charge in [-0.1, -0.05) is 0 Å². The summed E-state index contributed by atoms with van der Waals surface area (Å²) in [6.07, 6.45) is 0.651. The third kappa shape index (κ3) is 2.25. The molecule has 0 saturated carbocycles. The topological polar surface area (TPSA) is 76.2 Å². The summed E-state index contributed by atoms with van der Waals surface area (Å²) in [6, 6.07) is 3.16. The van der Waals surface area contributed by atoms with Crippen LogP contribution in [0.4, 0.5) is 10.1 Å². The number of non-ortho nitro benzene ring substituents is 1. The van der Waals surface area contributed by atoms with Crippen LogP contribution in [-0.2, 0) is 11.3 Å². The van der Waals surface area contributed by atoms with Crippen LogP contribution in [-0.4, -0.2) is 11.3 Å². The largest absolute Gasteiger partial charge is 0.479 e. The van der Waals surface area contributed by atoms with Crippen LogP contribution in [0.1, 0.15) is 5.56 Å². The van der Waals surface area contributed by atoms with Crippen molar-refractivity contribution in [2.75, 3.05) is 0 Å². The highest BCUT2D eigenvalue weighted by molar-refractivity contribution is 5.42. The Kier molecular flexibility index (Phi) is 3.11. The predicted molar refractivity (Wildman–Crippen MR) is 46.6 cm³/mol. The molecule has 1 aromatic carbocycles. The molecule has 6 heteroatoms. The van der Waals surface area contributed by atoms with Gasteiger partial charge in [0.05, 0.1) is 4.92 Å². The summed E-state index contributed by atoms with van der Waals surface area (Å²) in [5, 5.41) is 16.9.